The van der Waals surface area contributed by atoms with Crippen molar-refractivity contribution in [1.82, 2.24) is 4.90 Å². The Bertz CT molecular complexity index is 838. The molecule has 27 heavy (non-hydrogen) atoms. The first-order chi connectivity index (χ1) is 12.9. The Morgan fingerprint density at radius 3 is 2.48 bits per heavy atom. The minimum Gasteiger partial charge on any atom is -0.481 e. The number of nitrogens with one attached hydrogen (secondary N) is 1. The largest absolute Gasteiger partial charge is 0.481 e. The average molecular weight is 386 g/mol. The molecule has 0 saturated carbocycles. The van der Waals surface area contributed by atoms with Crippen LogP contribution in [0, 0.1) is 0 Å². The van der Waals surface area contributed by atoms with Crippen LogP contribution in [0.5, 0.6) is 0 Å². The highest BCUT2D eigenvalue weighted by atomic mass is 32.2. The molecule has 6 nitrogen and oxygen atoms in total. The predicted octanol–water partition coefficient (Wildman–Crippen LogP) is 3.35. The second-order valence-electron chi connectivity index (χ2n) is 5.94. The van der Waals surface area contributed by atoms with Gasteiger partial charge in [-0.25, -0.2) is 0 Å². The second-order valence-corrected chi connectivity index (χ2v) is 6.93. The third-order valence-corrected chi connectivity index (χ3v) is 4.86. The topological polar surface area (TPSA) is 86.7 Å². The van der Waals surface area contributed by atoms with E-state index in [1.807, 2.05) is 25.1 Å². The number of carboxylic acid groups (broad SMARTS) is 1. The van der Waals surface area contributed by atoms with E-state index in [0.29, 0.717) is 29.1 Å². The molecule has 7 heteroatoms. The molecular formula is C20H22N2O4S. The Morgan fingerprint density at radius 2 is 1.78 bits per heavy atom. The molecule has 2 amide bonds. The normalized spacial score (nSPS) is 10.3. The van der Waals surface area contributed by atoms with E-state index in [4.69, 9.17) is 5.11 Å². The van der Waals surface area contributed by atoms with Crippen LogP contribution in [0.3, 0.4) is 0 Å². The first-order valence-electron chi connectivity index (χ1n) is 8.46. The summed E-state index contributed by atoms with van der Waals surface area (Å²) in [6.45, 7) is 2.47. The maximum atomic E-state index is 12.5. The summed E-state index contributed by atoms with van der Waals surface area (Å²) in [5, 5.41) is 11.5. The van der Waals surface area contributed by atoms with E-state index in [9.17, 15) is 14.4 Å². The molecule has 0 heterocycles. The predicted molar refractivity (Wildman–Crippen MR) is 107 cm³/mol. The SMILES string of the molecule is CCN(C)C(=O)c1cccc(C(=O)Nc2cccc(CSCC(=O)O)c2)c1. The Kier molecular flexibility index (Phi) is 7.43. The molecule has 2 rings (SSSR count). The van der Waals surface area contributed by atoms with Crippen molar-refractivity contribution in [2.24, 2.45) is 0 Å². The molecule has 0 bridgehead atoms. The number of thioether (sulfide) groups is 1. The molecule has 0 spiro atoms. The summed E-state index contributed by atoms with van der Waals surface area (Å²) in [6, 6.07) is 13.9. The van der Waals surface area contributed by atoms with E-state index in [0.717, 1.165) is 5.56 Å². The summed E-state index contributed by atoms with van der Waals surface area (Å²) in [5.41, 5.74) is 2.41. The van der Waals surface area contributed by atoms with Gasteiger partial charge in [-0.2, -0.15) is 0 Å². The van der Waals surface area contributed by atoms with E-state index in [1.54, 1.807) is 42.3 Å². The lowest BCUT2D eigenvalue weighted by molar-refractivity contribution is -0.133. The molecule has 2 N–H and O–H groups in total. The third-order valence-electron chi connectivity index (χ3n) is 3.87. The molecule has 2 aromatic rings. The van der Waals surface area contributed by atoms with Gasteiger partial charge in [0.25, 0.3) is 11.8 Å². The zero-order valence-corrected chi connectivity index (χ0v) is 16.1. The number of carbonyl (C=O) groups excluding carboxylic acids is 2. The number of carbonyl (C=O) groups is 3. The molecule has 142 valence electrons. The quantitative estimate of drug-likeness (QED) is 0.727. The smallest absolute Gasteiger partial charge is 0.313 e. The van der Waals surface area contributed by atoms with Crippen LogP contribution in [0.4, 0.5) is 5.69 Å². The first kappa shape index (κ1) is 20.5. The highest BCUT2D eigenvalue weighted by Gasteiger charge is 2.13. The number of hydrogen-bond acceptors (Lipinski definition) is 4. The number of nitrogens with zero attached hydrogens (tertiary/aromatic N) is 1. The van der Waals surface area contributed by atoms with Crippen molar-refractivity contribution in [2.75, 3.05) is 24.7 Å². The lowest BCUT2D eigenvalue weighted by Crippen LogP contribution is -2.26. The fourth-order valence-corrected chi connectivity index (χ4v) is 3.05. The maximum absolute atomic E-state index is 12.5. The molecule has 0 radical (unpaired) electrons. The van der Waals surface area contributed by atoms with Crippen LogP contribution in [0.2, 0.25) is 0 Å². The molecule has 0 atom stereocenters. The molecule has 0 aliphatic heterocycles. The zero-order chi connectivity index (χ0) is 19.8. The van der Waals surface area contributed by atoms with Crippen LogP contribution in [0.15, 0.2) is 48.5 Å². The summed E-state index contributed by atoms with van der Waals surface area (Å²) < 4.78 is 0. The van der Waals surface area contributed by atoms with Crippen molar-refractivity contribution in [3.63, 3.8) is 0 Å². The fourth-order valence-electron chi connectivity index (χ4n) is 2.36. The van der Waals surface area contributed by atoms with E-state index in [1.165, 1.54) is 11.8 Å². The van der Waals surface area contributed by atoms with Gasteiger partial charge in [0.15, 0.2) is 0 Å². The van der Waals surface area contributed by atoms with E-state index < -0.39 is 5.97 Å². The van der Waals surface area contributed by atoms with Gasteiger partial charge in [0.2, 0.25) is 0 Å². The van der Waals surface area contributed by atoms with Crippen molar-refractivity contribution >= 4 is 35.2 Å². The second kappa shape index (κ2) is 9.78. The van der Waals surface area contributed by atoms with Crippen LogP contribution >= 0.6 is 11.8 Å². The van der Waals surface area contributed by atoms with Gasteiger partial charge in [-0.1, -0.05) is 18.2 Å². The third kappa shape index (κ3) is 6.14. The van der Waals surface area contributed by atoms with E-state index >= 15 is 0 Å². The van der Waals surface area contributed by atoms with E-state index in [-0.39, 0.29) is 17.6 Å². The van der Waals surface area contributed by atoms with Crippen LogP contribution in [0.25, 0.3) is 0 Å². The van der Waals surface area contributed by atoms with Gasteiger partial charge in [-0.3, -0.25) is 14.4 Å². The Morgan fingerprint density at radius 1 is 1.07 bits per heavy atom. The van der Waals surface area contributed by atoms with Crippen LogP contribution in [0.1, 0.15) is 33.2 Å². The zero-order valence-electron chi connectivity index (χ0n) is 15.3. The Hall–Kier alpha value is -2.80. The lowest BCUT2D eigenvalue weighted by Gasteiger charge is -2.15. The van der Waals surface area contributed by atoms with Crippen molar-refractivity contribution in [2.45, 2.75) is 12.7 Å². The maximum Gasteiger partial charge on any atom is 0.313 e. The minimum absolute atomic E-state index is 0.0314. The molecule has 2 aromatic carbocycles. The number of aliphatic carboxylic acids is 1. The molecule has 0 aliphatic rings. The number of amides is 2. The van der Waals surface area contributed by atoms with Crippen molar-refractivity contribution in [3.8, 4) is 0 Å². The highest BCUT2D eigenvalue weighted by molar-refractivity contribution is 7.99. The summed E-state index contributed by atoms with van der Waals surface area (Å²) in [7, 11) is 1.71. The van der Waals surface area contributed by atoms with Gasteiger partial charge in [0.05, 0.1) is 5.75 Å². The number of hydrogen-bond donors (Lipinski definition) is 2. The number of anilines is 1. The molecular weight excluding hydrogens is 364 g/mol. The summed E-state index contributed by atoms with van der Waals surface area (Å²) >= 11 is 1.29. The molecule has 0 saturated heterocycles. The first-order valence-corrected chi connectivity index (χ1v) is 9.61. The number of benzene rings is 2. The van der Waals surface area contributed by atoms with Crippen LogP contribution < -0.4 is 5.32 Å². The van der Waals surface area contributed by atoms with Crippen molar-refractivity contribution in [1.29, 1.82) is 0 Å². The van der Waals surface area contributed by atoms with Gasteiger partial charge in [-0.05, 0) is 42.8 Å². The number of carboxylic acids is 1. The fraction of sp³-hybridized carbons (Fsp3) is 0.250. The van der Waals surface area contributed by atoms with Gasteiger partial charge >= 0.3 is 5.97 Å². The van der Waals surface area contributed by atoms with Crippen molar-refractivity contribution in [3.05, 3.63) is 65.2 Å². The van der Waals surface area contributed by atoms with Gasteiger partial charge < -0.3 is 15.3 Å². The Balaban J connectivity index is 2.07. The lowest BCUT2D eigenvalue weighted by atomic mass is 10.1. The highest BCUT2D eigenvalue weighted by Crippen LogP contribution is 2.18. The minimum atomic E-state index is -0.854. The van der Waals surface area contributed by atoms with Gasteiger partial charge in [0.1, 0.15) is 0 Å². The summed E-state index contributed by atoms with van der Waals surface area (Å²) in [4.78, 5) is 36.9. The molecule has 0 fully saturated rings. The standard InChI is InChI=1S/C20H22N2O4S/c1-3-22(2)20(26)16-8-5-7-15(11-16)19(25)21-17-9-4-6-14(10-17)12-27-13-18(23)24/h4-11H,3,12-13H2,1-2H3,(H,21,25)(H,23,24). The van der Waals surface area contributed by atoms with Gasteiger partial charge in [0, 0.05) is 36.2 Å². The number of rotatable bonds is 8. The molecule has 0 aliphatic carbocycles. The summed E-state index contributed by atoms with van der Waals surface area (Å²) in [5.74, 6) is -0.719. The van der Waals surface area contributed by atoms with Crippen molar-refractivity contribution < 1.29 is 19.5 Å². The average Bonchev–Trinajstić information content (AvgIpc) is 2.67. The molecule has 0 unspecified atom stereocenters. The van der Waals surface area contributed by atoms with E-state index in [2.05, 4.69) is 5.32 Å². The van der Waals surface area contributed by atoms with Crippen LogP contribution in [-0.4, -0.2) is 47.1 Å². The molecule has 0 aromatic heterocycles. The van der Waals surface area contributed by atoms with Gasteiger partial charge in [-0.15, -0.1) is 11.8 Å². The Labute approximate surface area is 162 Å². The summed E-state index contributed by atoms with van der Waals surface area (Å²) in [6.07, 6.45) is 0. The van der Waals surface area contributed by atoms with Crippen LogP contribution in [-0.2, 0) is 10.5 Å². The monoisotopic (exact) mass is 386 g/mol.